The van der Waals surface area contributed by atoms with Gasteiger partial charge in [-0.3, -0.25) is 19.3 Å². The summed E-state index contributed by atoms with van der Waals surface area (Å²) < 4.78 is 11.3. The number of anilines is 2. The third-order valence-electron chi connectivity index (χ3n) is 6.57. The minimum absolute atomic E-state index is 0.0207. The van der Waals surface area contributed by atoms with Crippen molar-refractivity contribution in [1.29, 1.82) is 0 Å². The Morgan fingerprint density at radius 2 is 1.82 bits per heavy atom. The normalized spacial score (nSPS) is 18.9. The van der Waals surface area contributed by atoms with Gasteiger partial charge in [-0.15, -0.1) is 0 Å². The Kier molecular flexibility index (Phi) is 4.14. The van der Waals surface area contributed by atoms with E-state index in [1.807, 2.05) is 32.0 Å². The first kappa shape index (κ1) is 20.4. The number of para-hydroxylation sites is 1. The number of hydrogen-bond donors (Lipinski definition) is 0. The standard InChI is InChI=1S/C26H21N3O5/c1-4-11-28-18-8-6-5-7-17(18)26(25(28)32)21-22(30)16-12-14(2)9-10-19(16)33-23(21)24(31)29(26)20-13-15(3)34-27-20/h5-10,12-13H,4,11H2,1-3H3. The lowest BCUT2D eigenvalue weighted by atomic mass is 9.84. The molecule has 0 radical (unpaired) electrons. The van der Waals surface area contributed by atoms with Gasteiger partial charge in [0.15, 0.2) is 16.8 Å². The minimum Gasteiger partial charge on any atom is -0.450 e. The van der Waals surface area contributed by atoms with Gasteiger partial charge in [-0.05, 0) is 38.5 Å². The summed E-state index contributed by atoms with van der Waals surface area (Å²) >= 11 is 0. The molecule has 2 aliphatic rings. The quantitative estimate of drug-likeness (QED) is 0.462. The largest absolute Gasteiger partial charge is 0.450 e. The highest BCUT2D eigenvalue weighted by Crippen LogP contribution is 2.53. The Morgan fingerprint density at radius 1 is 1.03 bits per heavy atom. The van der Waals surface area contributed by atoms with Crippen LogP contribution < -0.4 is 15.2 Å². The highest BCUT2D eigenvalue weighted by Gasteiger charge is 2.66. The molecular formula is C26H21N3O5. The molecule has 2 aliphatic heterocycles. The van der Waals surface area contributed by atoms with Crippen molar-refractivity contribution in [3.63, 3.8) is 0 Å². The fourth-order valence-corrected chi connectivity index (χ4v) is 5.23. The molecule has 2 aromatic carbocycles. The van der Waals surface area contributed by atoms with Crippen molar-refractivity contribution < 1.29 is 18.5 Å². The van der Waals surface area contributed by atoms with Crippen molar-refractivity contribution in [2.75, 3.05) is 16.3 Å². The molecule has 4 heterocycles. The van der Waals surface area contributed by atoms with Crippen molar-refractivity contribution in [3.8, 4) is 0 Å². The van der Waals surface area contributed by atoms with E-state index in [0.717, 1.165) is 5.56 Å². The van der Waals surface area contributed by atoms with Crippen LogP contribution in [0.3, 0.4) is 0 Å². The summed E-state index contributed by atoms with van der Waals surface area (Å²) in [6.45, 7) is 5.98. The summed E-state index contributed by atoms with van der Waals surface area (Å²) in [6.07, 6.45) is 0.700. The average Bonchev–Trinajstić information content (AvgIpc) is 3.43. The van der Waals surface area contributed by atoms with Crippen molar-refractivity contribution in [2.24, 2.45) is 0 Å². The highest BCUT2D eigenvalue weighted by atomic mass is 16.5. The van der Waals surface area contributed by atoms with Crippen molar-refractivity contribution in [3.05, 3.63) is 87.0 Å². The van der Waals surface area contributed by atoms with Gasteiger partial charge in [0.05, 0.1) is 16.6 Å². The van der Waals surface area contributed by atoms with Gasteiger partial charge in [0.1, 0.15) is 11.3 Å². The van der Waals surface area contributed by atoms with Crippen LogP contribution in [0.2, 0.25) is 0 Å². The maximum absolute atomic E-state index is 14.3. The predicted octanol–water partition coefficient (Wildman–Crippen LogP) is 4.06. The number of carbonyl (C=O) groups excluding carboxylic acids is 2. The first-order valence-corrected chi connectivity index (χ1v) is 11.2. The predicted molar refractivity (Wildman–Crippen MR) is 125 cm³/mol. The SMILES string of the molecule is CCCN1C(=O)C2(c3ccccc31)c1c(oc3ccc(C)cc3c1=O)C(=O)N2c1cc(C)on1. The van der Waals surface area contributed by atoms with E-state index < -0.39 is 16.9 Å². The molecule has 0 fully saturated rings. The lowest BCUT2D eigenvalue weighted by molar-refractivity contribution is -0.121. The van der Waals surface area contributed by atoms with Gasteiger partial charge < -0.3 is 13.8 Å². The molecular weight excluding hydrogens is 434 g/mol. The second kappa shape index (κ2) is 6.90. The molecule has 8 heteroatoms. The van der Waals surface area contributed by atoms with E-state index in [9.17, 15) is 14.4 Å². The molecule has 0 N–H and O–H groups in total. The van der Waals surface area contributed by atoms with E-state index in [2.05, 4.69) is 5.16 Å². The molecule has 0 aliphatic carbocycles. The third kappa shape index (κ3) is 2.37. The number of aryl methyl sites for hydroxylation is 2. The minimum atomic E-state index is -1.74. The van der Waals surface area contributed by atoms with Crippen LogP contribution in [0.1, 0.15) is 46.3 Å². The Labute approximate surface area is 194 Å². The lowest BCUT2D eigenvalue weighted by Gasteiger charge is -2.32. The highest BCUT2D eigenvalue weighted by molar-refractivity contribution is 6.24. The van der Waals surface area contributed by atoms with Crippen LogP contribution in [0.25, 0.3) is 11.0 Å². The average molecular weight is 455 g/mol. The van der Waals surface area contributed by atoms with Gasteiger partial charge in [0.25, 0.3) is 11.8 Å². The summed E-state index contributed by atoms with van der Waals surface area (Å²) in [4.78, 5) is 45.1. The van der Waals surface area contributed by atoms with E-state index in [-0.39, 0.29) is 23.0 Å². The molecule has 0 saturated carbocycles. The van der Waals surface area contributed by atoms with Crippen molar-refractivity contribution >= 4 is 34.3 Å². The van der Waals surface area contributed by atoms with E-state index in [1.165, 1.54) is 4.90 Å². The van der Waals surface area contributed by atoms with Gasteiger partial charge in [0, 0.05) is 18.2 Å². The number of rotatable bonds is 3. The Morgan fingerprint density at radius 3 is 2.56 bits per heavy atom. The fraction of sp³-hybridized carbons (Fsp3) is 0.231. The van der Waals surface area contributed by atoms with Gasteiger partial charge >= 0.3 is 0 Å². The lowest BCUT2D eigenvalue weighted by Crippen LogP contribution is -2.54. The molecule has 170 valence electrons. The number of hydrogen-bond acceptors (Lipinski definition) is 6. The maximum atomic E-state index is 14.3. The Balaban J connectivity index is 1.78. The summed E-state index contributed by atoms with van der Waals surface area (Å²) in [7, 11) is 0. The third-order valence-corrected chi connectivity index (χ3v) is 6.57. The number of benzene rings is 2. The van der Waals surface area contributed by atoms with Gasteiger partial charge in [-0.2, -0.15) is 0 Å². The smallest absolute Gasteiger partial charge is 0.297 e. The monoisotopic (exact) mass is 455 g/mol. The zero-order valence-corrected chi connectivity index (χ0v) is 18.9. The van der Waals surface area contributed by atoms with Crippen molar-refractivity contribution in [2.45, 2.75) is 32.7 Å². The first-order valence-electron chi connectivity index (χ1n) is 11.2. The summed E-state index contributed by atoms with van der Waals surface area (Å²) in [6, 6.07) is 14.0. The van der Waals surface area contributed by atoms with E-state index in [0.29, 0.717) is 40.9 Å². The molecule has 34 heavy (non-hydrogen) atoms. The van der Waals surface area contributed by atoms with Crippen LogP contribution in [0.15, 0.2) is 62.3 Å². The molecule has 6 rings (SSSR count). The van der Waals surface area contributed by atoms with E-state index >= 15 is 0 Å². The topological polar surface area (TPSA) is 96.9 Å². The van der Waals surface area contributed by atoms with Gasteiger partial charge in [-0.25, -0.2) is 0 Å². The molecule has 8 nitrogen and oxygen atoms in total. The second-order valence-electron chi connectivity index (χ2n) is 8.76. The fourth-order valence-electron chi connectivity index (χ4n) is 5.23. The zero-order valence-electron chi connectivity index (χ0n) is 18.9. The number of aromatic nitrogens is 1. The first-order chi connectivity index (χ1) is 16.4. The number of carbonyl (C=O) groups is 2. The number of fused-ring (bicyclic) bond motifs is 5. The Bertz CT molecular complexity index is 1580. The zero-order chi connectivity index (χ0) is 23.8. The second-order valence-corrected chi connectivity index (χ2v) is 8.76. The summed E-state index contributed by atoms with van der Waals surface area (Å²) in [5.41, 5.74) is 0.238. The number of nitrogens with zero attached hydrogens (tertiary/aromatic N) is 3. The molecule has 1 unspecified atom stereocenters. The van der Waals surface area contributed by atoms with Gasteiger partial charge in [0.2, 0.25) is 5.76 Å². The van der Waals surface area contributed by atoms with E-state index in [4.69, 9.17) is 8.94 Å². The summed E-state index contributed by atoms with van der Waals surface area (Å²) in [5, 5.41) is 4.38. The van der Waals surface area contributed by atoms with Crippen LogP contribution in [0.4, 0.5) is 11.5 Å². The molecule has 1 atom stereocenters. The van der Waals surface area contributed by atoms with Crippen LogP contribution in [0.5, 0.6) is 0 Å². The summed E-state index contributed by atoms with van der Waals surface area (Å²) in [5.74, 6) is -0.524. The van der Waals surface area contributed by atoms with Gasteiger partial charge in [-0.1, -0.05) is 41.9 Å². The molecule has 4 aromatic rings. The van der Waals surface area contributed by atoms with Crippen LogP contribution in [0, 0.1) is 13.8 Å². The Hall–Kier alpha value is -4.20. The molecule has 1 spiro atoms. The molecule has 0 saturated heterocycles. The molecule has 2 aromatic heterocycles. The molecule has 0 bridgehead atoms. The van der Waals surface area contributed by atoms with Crippen LogP contribution in [-0.4, -0.2) is 23.5 Å². The van der Waals surface area contributed by atoms with Crippen LogP contribution >= 0.6 is 0 Å². The van der Waals surface area contributed by atoms with E-state index in [1.54, 1.807) is 42.2 Å². The molecule has 2 amide bonds. The number of amides is 2. The maximum Gasteiger partial charge on any atom is 0.297 e. The van der Waals surface area contributed by atoms with Crippen molar-refractivity contribution in [1.82, 2.24) is 5.16 Å². The van der Waals surface area contributed by atoms with Crippen LogP contribution in [-0.2, 0) is 10.3 Å².